The van der Waals surface area contributed by atoms with Crippen LogP contribution in [0.15, 0.2) is 48.7 Å². The van der Waals surface area contributed by atoms with E-state index in [-0.39, 0.29) is 5.56 Å². The number of pyridine rings is 1. The van der Waals surface area contributed by atoms with Crippen molar-refractivity contribution in [1.82, 2.24) is 10.3 Å². The van der Waals surface area contributed by atoms with Gasteiger partial charge >= 0.3 is 12.1 Å². The van der Waals surface area contributed by atoms with Gasteiger partial charge in [-0.05, 0) is 81.1 Å². The monoisotopic (exact) mass is 642 g/mol. The predicted octanol–water partition coefficient (Wildman–Crippen LogP) is 6.01. The molecule has 1 fully saturated rings. The number of piperidine rings is 1. The number of nitrogens with one attached hydrogen (secondary N) is 3. The molecule has 1 saturated heterocycles. The Balaban J connectivity index is 1.63. The Kier molecular flexibility index (Phi) is 9.68. The van der Waals surface area contributed by atoms with E-state index in [0.717, 1.165) is 45.2 Å². The number of methoxy groups -OCH3 is 1. The van der Waals surface area contributed by atoms with Crippen LogP contribution in [-0.2, 0) is 22.4 Å². The van der Waals surface area contributed by atoms with Crippen LogP contribution < -0.4 is 24.8 Å². The number of halogens is 5. The van der Waals surface area contributed by atoms with Crippen molar-refractivity contribution in [3.8, 4) is 17.2 Å². The van der Waals surface area contributed by atoms with E-state index >= 15 is 0 Å². The minimum atomic E-state index is -6.01. The van der Waals surface area contributed by atoms with Crippen molar-refractivity contribution in [2.75, 3.05) is 36.5 Å². The maximum atomic E-state index is 14.3. The van der Waals surface area contributed by atoms with E-state index in [1.165, 1.54) is 12.1 Å². The zero-order valence-electron chi connectivity index (χ0n) is 24.0. The van der Waals surface area contributed by atoms with Gasteiger partial charge in [0.2, 0.25) is 10.0 Å². The van der Waals surface area contributed by atoms with Gasteiger partial charge in [0.15, 0.2) is 5.75 Å². The average Bonchev–Trinajstić information content (AvgIpc) is 2.93. The summed E-state index contributed by atoms with van der Waals surface area (Å²) < 4.78 is 105. The molecule has 2 heterocycles. The quantitative estimate of drug-likeness (QED) is 0.232. The first-order chi connectivity index (χ1) is 20.6. The molecule has 1 aliphatic rings. The predicted molar refractivity (Wildman–Crippen MR) is 154 cm³/mol. The molecule has 0 radical (unpaired) electrons. The van der Waals surface area contributed by atoms with E-state index < -0.39 is 50.7 Å². The summed E-state index contributed by atoms with van der Waals surface area (Å²) in [5.74, 6) is -5.51. The number of sulfonamides is 1. The van der Waals surface area contributed by atoms with Gasteiger partial charge in [0.05, 0.1) is 24.7 Å². The highest BCUT2D eigenvalue weighted by Crippen LogP contribution is 2.48. The van der Waals surface area contributed by atoms with Crippen LogP contribution in [0.2, 0.25) is 0 Å². The molecule has 9 nitrogen and oxygen atoms in total. The number of benzene rings is 2. The SMILES string of the molecule is COc1c(NC(=O)c2ccc(C)c(Oc3ccnc(CC4CCNCC4)c3)c2)cc(C(F)(F)C(F)(F)F)cc1NS(C)(=O)=O. The first-order valence-corrected chi connectivity index (χ1v) is 15.4. The van der Waals surface area contributed by atoms with Crippen LogP contribution >= 0.6 is 0 Å². The van der Waals surface area contributed by atoms with Crippen molar-refractivity contribution >= 4 is 27.3 Å². The lowest BCUT2D eigenvalue weighted by atomic mass is 9.93. The Morgan fingerprint density at radius 2 is 1.73 bits per heavy atom. The van der Waals surface area contributed by atoms with Gasteiger partial charge in [0.25, 0.3) is 5.91 Å². The van der Waals surface area contributed by atoms with Crippen LogP contribution in [0.1, 0.15) is 40.0 Å². The van der Waals surface area contributed by atoms with Crippen molar-refractivity contribution in [3.63, 3.8) is 0 Å². The number of rotatable bonds is 10. The van der Waals surface area contributed by atoms with Crippen LogP contribution in [0, 0.1) is 12.8 Å². The molecule has 0 aliphatic carbocycles. The molecule has 3 N–H and O–H groups in total. The third-order valence-electron chi connectivity index (χ3n) is 6.98. The summed E-state index contributed by atoms with van der Waals surface area (Å²) in [6.07, 6.45) is -0.853. The number of carbonyl (C=O) groups excluding carboxylic acids is 1. The molecule has 238 valence electrons. The molecule has 44 heavy (non-hydrogen) atoms. The third-order valence-corrected chi connectivity index (χ3v) is 7.57. The lowest BCUT2D eigenvalue weighted by Crippen LogP contribution is -2.34. The van der Waals surface area contributed by atoms with Gasteiger partial charge < -0.3 is 20.1 Å². The number of ether oxygens (including phenoxy) is 2. The zero-order valence-corrected chi connectivity index (χ0v) is 24.8. The number of hydrogen-bond donors (Lipinski definition) is 3. The summed E-state index contributed by atoms with van der Waals surface area (Å²) in [7, 11) is -3.12. The molecule has 1 aromatic heterocycles. The van der Waals surface area contributed by atoms with Gasteiger partial charge in [0, 0.05) is 29.1 Å². The van der Waals surface area contributed by atoms with Crippen molar-refractivity contribution in [3.05, 3.63) is 71.0 Å². The van der Waals surface area contributed by atoms with E-state index in [1.54, 1.807) is 25.3 Å². The van der Waals surface area contributed by atoms with Gasteiger partial charge in [-0.25, -0.2) is 8.42 Å². The highest BCUT2D eigenvalue weighted by atomic mass is 32.2. The van der Waals surface area contributed by atoms with Crippen molar-refractivity contribution < 1.29 is 44.6 Å². The van der Waals surface area contributed by atoms with E-state index in [0.29, 0.717) is 41.4 Å². The molecular formula is C29H31F5N4O5S. The number of anilines is 2. The minimum absolute atomic E-state index is 0.0257. The molecule has 0 unspecified atom stereocenters. The van der Waals surface area contributed by atoms with Crippen molar-refractivity contribution in [1.29, 1.82) is 0 Å². The van der Waals surface area contributed by atoms with Gasteiger partial charge in [-0.3, -0.25) is 14.5 Å². The summed E-state index contributed by atoms with van der Waals surface area (Å²) in [4.78, 5) is 17.7. The summed E-state index contributed by atoms with van der Waals surface area (Å²) in [5.41, 5.74) is -1.48. The topological polar surface area (TPSA) is 119 Å². The Morgan fingerprint density at radius 3 is 2.36 bits per heavy atom. The summed E-state index contributed by atoms with van der Waals surface area (Å²) in [6.45, 7) is 3.64. The second-order valence-electron chi connectivity index (χ2n) is 10.5. The molecular weight excluding hydrogens is 611 g/mol. The fourth-order valence-electron chi connectivity index (χ4n) is 4.75. The fraction of sp³-hybridized carbons (Fsp3) is 0.379. The zero-order chi connectivity index (χ0) is 32.3. The Hall–Kier alpha value is -3.98. The van der Waals surface area contributed by atoms with Crippen molar-refractivity contribution in [2.24, 2.45) is 5.92 Å². The molecule has 3 aromatic rings. The Morgan fingerprint density at radius 1 is 1.05 bits per heavy atom. The number of aryl methyl sites for hydroxylation is 1. The summed E-state index contributed by atoms with van der Waals surface area (Å²) in [5, 5.41) is 5.59. The minimum Gasteiger partial charge on any atom is -0.492 e. The van der Waals surface area contributed by atoms with Gasteiger partial charge in [0.1, 0.15) is 11.5 Å². The second kappa shape index (κ2) is 12.9. The third kappa shape index (κ3) is 7.94. The van der Waals surface area contributed by atoms with Crippen molar-refractivity contribution in [2.45, 2.75) is 38.3 Å². The van der Waals surface area contributed by atoms with Crippen LogP contribution in [0.3, 0.4) is 0 Å². The number of hydrogen-bond acceptors (Lipinski definition) is 7. The molecule has 15 heteroatoms. The van der Waals surface area contributed by atoms with Gasteiger partial charge in [-0.1, -0.05) is 6.07 Å². The molecule has 0 saturated carbocycles. The highest BCUT2D eigenvalue weighted by Gasteiger charge is 2.59. The van der Waals surface area contributed by atoms with Crippen LogP contribution in [0.5, 0.6) is 17.2 Å². The Bertz CT molecular complexity index is 1630. The molecule has 4 rings (SSSR count). The van der Waals surface area contributed by atoms with E-state index in [1.807, 2.05) is 10.8 Å². The average molecular weight is 643 g/mol. The molecule has 1 amide bonds. The number of alkyl halides is 5. The van der Waals surface area contributed by atoms with Gasteiger partial charge in [-0.2, -0.15) is 22.0 Å². The summed E-state index contributed by atoms with van der Waals surface area (Å²) in [6, 6.07) is 8.51. The van der Waals surface area contributed by atoms with Crippen LogP contribution in [-0.4, -0.2) is 51.9 Å². The first-order valence-electron chi connectivity index (χ1n) is 13.5. The molecule has 0 bridgehead atoms. The summed E-state index contributed by atoms with van der Waals surface area (Å²) >= 11 is 0. The maximum Gasteiger partial charge on any atom is 0.458 e. The molecule has 2 aromatic carbocycles. The lowest BCUT2D eigenvalue weighted by molar-refractivity contribution is -0.289. The standard InChI is InChI=1S/C29H31F5N4O5S/c1-17-4-5-19(13-25(17)43-22-8-11-36-21(16-22)12-18-6-9-35-10-7-18)27(39)37-23-14-20(28(30,31)29(32,33)34)15-24(26(23)42-2)38-44(3,40)41/h4-5,8,11,13-16,18,35,38H,6-7,9-10,12H2,1-3H3,(H,37,39). The van der Waals surface area contributed by atoms with Gasteiger partial charge in [-0.15, -0.1) is 0 Å². The first kappa shape index (κ1) is 32.9. The van der Waals surface area contributed by atoms with E-state index in [2.05, 4.69) is 15.6 Å². The highest BCUT2D eigenvalue weighted by molar-refractivity contribution is 7.92. The van der Waals surface area contributed by atoms with E-state index in [4.69, 9.17) is 9.47 Å². The van der Waals surface area contributed by atoms with Crippen LogP contribution in [0.25, 0.3) is 0 Å². The number of nitrogens with zero attached hydrogens (tertiary/aromatic N) is 1. The van der Waals surface area contributed by atoms with Crippen LogP contribution in [0.4, 0.5) is 33.3 Å². The number of amides is 1. The molecule has 1 aliphatic heterocycles. The number of aromatic nitrogens is 1. The second-order valence-corrected chi connectivity index (χ2v) is 12.2. The molecule has 0 spiro atoms. The Labute approximate surface area is 251 Å². The normalized spacial score (nSPS) is 14.6. The maximum absolute atomic E-state index is 14.3. The van der Waals surface area contributed by atoms with E-state index in [9.17, 15) is 35.2 Å². The smallest absolute Gasteiger partial charge is 0.458 e. The lowest BCUT2D eigenvalue weighted by Gasteiger charge is -2.23. The molecule has 0 atom stereocenters. The largest absolute Gasteiger partial charge is 0.492 e. The number of carbonyl (C=O) groups is 1. The fourth-order valence-corrected chi connectivity index (χ4v) is 5.30.